The predicted octanol–water partition coefficient (Wildman–Crippen LogP) is 1.99. The first-order valence-electron chi connectivity index (χ1n) is 8.36. The van der Waals surface area contributed by atoms with E-state index in [1.165, 1.54) is 0 Å². The van der Waals surface area contributed by atoms with Crippen molar-refractivity contribution in [2.45, 2.75) is 18.9 Å². The van der Waals surface area contributed by atoms with Crippen LogP contribution in [0.5, 0.6) is 0 Å². The normalized spacial score (nSPS) is 23.6. The average Bonchev–Trinajstić information content (AvgIpc) is 3.28. The van der Waals surface area contributed by atoms with E-state index in [4.69, 9.17) is 0 Å². The number of rotatable bonds is 2. The fourth-order valence-electron chi connectivity index (χ4n) is 3.89. The molecule has 0 saturated carbocycles. The van der Waals surface area contributed by atoms with E-state index < -0.39 is 0 Å². The van der Waals surface area contributed by atoms with E-state index in [1.54, 1.807) is 29.4 Å². The Kier molecular flexibility index (Phi) is 3.95. The molecule has 1 spiro atoms. The van der Waals surface area contributed by atoms with Crippen LogP contribution in [0.2, 0.25) is 0 Å². The smallest absolute Gasteiger partial charge is 0.246 e. The predicted molar refractivity (Wildman–Crippen MR) is 97.9 cm³/mol. The molecule has 130 valence electrons. The maximum atomic E-state index is 12.6. The second kappa shape index (κ2) is 6.15. The van der Waals surface area contributed by atoms with Crippen molar-refractivity contribution in [1.82, 2.24) is 9.88 Å². The average molecular weight is 356 g/mol. The van der Waals surface area contributed by atoms with Crippen LogP contribution >= 0.6 is 11.3 Å². The first-order valence-corrected chi connectivity index (χ1v) is 9.30. The van der Waals surface area contributed by atoms with E-state index >= 15 is 0 Å². The molecule has 0 unspecified atom stereocenters. The van der Waals surface area contributed by atoms with Crippen molar-refractivity contribution in [3.8, 4) is 0 Å². The summed E-state index contributed by atoms with van der Waals surface area (Å²) in [5.41, 5.74) is 0.563. The second-order valence-corrected chi connectivity index (χ2v) is 7.43. The number of nitrogens with zero attached hydrogens (tertiary/aromatic N) is 4. The van der Waals surface area contributed by atoms with Crippen molar-refractivity contribution in [2.24, 2.45) is 0 Å². The van der Waals surface area contributed by atoms with Crippen LogP contribution in [0.4, 0.5) is 11.5 Å². The Labute approximate surface area is 150 Å². The lowest BCUT2D eigenvalue weighted by Gasteiger charge is -2.47. The summed E-state index contributed by atoms with van der Waals surface area (Å²) in [5, 5.41) is 3.96. The van der Waals surface area contributed by atoms with Gasteiger partial charge >= 0.3 is 0 Å². The van der Waals surface area contributed by atoms with E-state index in [0.717, 1.165) is 24.5 Å². The number of piperazine rings is 1. The zero-order valence-corrected chi connectivity index (χ0v) is 14.9. The van der Waals surface area contributed by atoms with Gasteiger partial charge in [-0.05, 0) is 30.0 Å². The molecule has 2 aromatic heterocycles. The van der Waals surface area contributed by atoms with Crippen LogP contribution in [-0.4, -0.2) is 53.4 Å². The van der Waals surface area contributed by atoms with Crippen LogP contribution in [0, 0.1) is 0 Å². The molecule has 4 heterocycles. The molecular weight excluding hydrogens is 336 g/mol. The van der Waals surface area contributed by atoms with Gasteiger partial charge in [-0.1, -0.05) is 6.07 Å². The molecule has 2 amide bonds. The fraction of sp³-hybridized carbons (Fsp3) is 0.389. The Bertz CT molecular complexity index is 780. The van der Waals surface area contributed by atoms with Gasteiger partial charge in [0.15, 0.2) is 0 Å². The molecule has 4 rings (SSSR count). The third kappa shape index (κ3) is 2.78. The summed E-state index contributed by atoms with van der Waals surface area (Å²) in [6, 6.07) is 7.82. The number of carbonyl (C=O) groups excluding carboxylic acids is 2. The van der Waals surface area contributed by atoms with Crippen molar-refractivity contribution >= 4 is 34.7 Å². The summed E-state index contributed by atoms with van der Waals surface area (Å²) in [6.45, 7) is 3.75. The minimum Gasteiger partial charge on any atom is -0.354 e. The molecule has 0 aromatic carbocycles. The highest BCUT2D eigenvalue weighted by Gasteiger charge is 2.50. The highest BCUT2D eigenvalue weighted by Crippen LogP contribution is 2.36. The Morgan fingerprint density at radius 1 is 1.28 bits per heavy atom. The summed E-state index contributed by atoms with van der Waals surface area (Å²) in [6.07, 6.45) is 2.61. The van der Waals surface area contributed by atoms with Crippen molar-refractivity contribution in [3.63, 3.8) is 0 Å². The summed E-state index contributed by atoms with van der Waals surface area (Å²) >= 11 is 1.58. The Morgan fingerprint density at radius 3 is 2.84 bits per heavy atom. The molecule has 2 aliphatic rings. The highest BCUT2D eigenvalue weighted by atomic mass is 32.1. The molecule has 0 bridgehead atoms. The number of thiophene rings is 1. The van der Waals surface area contributed by atoms with Crippen molar-refractivity contribution in [3.05, 3.63) is 41.2 Å². The minimum atomic E-state index is -0.362. The molecule has 2 aliphatic heterocycles. The zero-order valence-electron chi connectivity index (χ0n) is 14.1. The van der Waals surface area contributed by atoms with Crippen LogP contribution < -0.4 is 9.80 Å². The first-order chi connectivity index (χ1) is 12.1. The zero-order chi connectivity index (χ0) is 17.4. The number of hydrogen-bond donors (Lipinski definition) is 0. The monoisotopic (exact) mass is 356 g/mol. The van der Waals surface area contributed by atoms with Crippen LogP contribution in [0.25, 0.3) is 0 Å². The summed E-state index contributed by atoms with van der Waals surface area (Å²) in [5.74, 6) is 0.860. The minimum absolute atomic E-state index is 0.0180. The summed E-state index contributed by atoms with van der Waals surface area (Å²) in [7, 11) is 0. The van der Waals surface area contributed by atoms with E-state index in [9.17, 15) is 9.59 Å². The molecule has 0 radical (unpaired) electrons. The van der Waals surface area contributed by atoms with Gasteiger partial charge in [0.25, 0.3) is 0 Å². The first kappa shape index (κ1) is 16.1. The topological polar surface area (TPSA) is 56.8 Å². The van der Waals surface area contributed by atoms with Gasteiger partial charge in [0.05, 0.1) is 17.8 Å². The van der Waals surface area contributed by atoms with Crippen LogP contribution in [0.1, 0.15) is 13.3 Å². The Balaban J connectivity index is 1.65. The number of carbonyl (C=O) groups is 2. The van der Waals surface area contributed by atoms with Gasteiger partial charge in [-0.25, -0.2) is 4.98 Å². The fourth-order valence-corrected chi connectivity index (χ4v) is 4.53. The van der Waals surface area contributed by atoms with Crippen LogP contribution in [0.15, 0.2) is 41.2 Å². The van der Waals surface area contributed by atoms with Crippen molar-refractivity contribution < 1.29 is 9.59 Å². The molecule has 2 fully saturated rings. The van der Waals surface area contributed by atoms with E-state index in [-0.39, 0.29) is 23.9 Å². The molecule has 7 heteroatoms. The molecule has 6 nitrogen and oxygen atoms in total. The molecule has 2 aromatic rings. The second-order valence-electron chi connectivity index (χ2n) is 6.65. The highest BCUT2D eigenvalue weighted by molar-refractivity contribution is 7.08. The van der Waals surface area contributed by atoms with Crippen molar-refractivity contribution in [1.29, 1.82) is 0 Å². The lowest BCUT2D eigenvalue weighted by atomic mass is 9.92. The molecule has 0 N–H and O–H groups in total. The number of aromatic nitrogens is 1. The molecule has 25 heavy (non-hydrogen) atoms. The van der Waals surface area contributed by atoms with E-state index in [0.29, 0.717) is 13.1 Å². The summed E-state index contributed by atoms with van der Waals surface area (Å²) < 4.78 is 0. The van der Waals surface area contributed by atoms with Crippen molar-refractivity contribution in [2.75, 3.05) is 36.0 Å². The number of anilines is 2. The summed E-state index contributed by atoms with van der Waals surface area (Å²) in [4.78, 5) is 35.1. The number of hydrogen-bond acceptors (Lipinski definition) is 5. The number of pyridine rings is 1. The van der Waals surface area contributed by atoms with E-state index in [1.807, 2.05) is 39.9 Å². The van der Waals surface area contributed by atoms with Gasteiger partial charge in [0, 0.05) is 31.6 Å². The van der Waals surface area contributed by atoms with Gasteiger partial charge in [-0.15, -0.1) is 0 Å². The standard InChI is InChI=1S/C18H20N4O2S/c1-14(23)22-10-17(24)21(15-5-9-25-11-15)13-18(22)6-8-20(12-18)16-4-2-3-7-19-16/h2-5,7,9,11H,6,8,10,12-13H2,1H3/t18-/m0/s1. The molecule has 2 saturated heterocycles. The Morgan fingerprint density at radius 2 is 2.16 bits per heavy atom. The van der Waals surface area contributed by atoms with Gasteiger partial charge < -0.3 is 14.7 Å². The van der Waals surface area contributed by atoms with Crippen LogP contribution in [-0.2, 0) is 9.59 Å². The van der Waals surface area contributed by atoms with Gasteiger partial charge in [-0.2, -0.15) is 11.3 Å². The maximum Gasteiger partial charge on any atom is 0.246 e. The third-order valence-electron chi connectivity index (χ3n) is 5.12. The lowest BCUT2D eigenvalue weighted by Crippen LogP contribution is -2.66. The molecular formula is C18H20N4O2S. The van der Waals surface area contributed by atoms with Crippen LogP contribution in [0.3, 0.4) is 0 Å². The molecule has 1 atom stereocenters. The largest absolute Gasteiger partial charge is 0.354 e. The van der Waals surface area contributed by atoms with E-state index in [2.05, 4.69) is 9.88 Å². The quantitative estimate of drug-likeness (QED) is 0.826. The van der Waals surface area contributed by atoms with Gasteiger partial charge in [0.2, 0.25) is 11.8 Å². The SMILES string of the molecule is CC(=O)N1CC(=O)N(c2ccsc2)C[C@@]12CCN(c1ccccn1)C2. The third-order valence-corrected chi connectivity index (χ3v) is 5.79. The number of amides is 2. The molecule has 0 aliphatic carbocycles. The van der Waals surface area contributed by atoms with Gasteiger partial charge in [-0.3, -0.25) is 9.59 Å². The maximum absolute atomic E-state index is 12.6. The van der Waals surface area contributed by atoms with Gasteiger partial charge in [0.1, 0.15) is 12.4 Å². The lowest BCUT2D eigenvalue weighted by molar-refractivity contribution is -0.142. The Hall–Kier alpha value is -2.41.